The molecule has 2 unspecified atom stereocenters. The molecule has 370 valence electrons. The molecular formula is C57H114N2O3. The van der Waals surface area contributed by atoms with Crippen molar-refractivity contribution in [2.24, 2.45) is 11.8 Å². The van der Waals surface area contributed by atoms with E-state index in [4.69, 9.17) is 9.47 Å². The molecule has 0 amide bonds. The van der Waals surface area contributed by atoms with E-state index < -0.39 is 0 Å². The van der Waals surface area contributed by atoms with Crippen LogP contribution < -0.4 is 0 Å². The molecule has 2 atom stereocenters. The van der Waals surface area contributed by atoms with Gasteiger partial charge in [-0.3, -0.25) is 4.79 Å². The number of unbranched alkanes of at least 4 members (excludes halogenated alkanes) is 28. The molecule has 0 aromatic carbocycles. The number of hydrogen-bond acceptors (Lipinski definition) is 5. The summed E-state index contributed by atoms with van der Waals surface area (Å²) in [5, 5.41) is 0. The van der Waals surface area contributed by atoms with Crippen LogP contribution in [0.1, 0.15) is 285 Å². The smallest absolute Gasteiger partial charge is 0.305 e. The zero-order chi connectivity index (χ0) is 45.4. The van der Waals surface area contributed by atoms with Crippen LogP contribution in [0.3, 0.4) is 0 Å². The Hall–Kier alpha value is -1.07. The number of carbonyl (C=O) groups is 1. The molecule has 0 rings (SSSR count). The second-order valence-corrected chi connectivity index (χ2v) is 20.2. The monoisotopic (exact) mass is 875 g/mol. The second kappa shape index (κ2) is 49.4. The lowest BCUT2D eigenvalue weighted by Gasteiger charge is -2.24. The molecule has 0 aliphatic heterocycles. The number of rotatable bonds is 52. The van der Waals surface area contributed by atoms with Gasteiger partial charge in [0.25, 0.3) is 0 Å². The fourth-order valence-corrected chi connectivity index (χ4v) is 9.07. The van der Waals surface area contributed by atoms with Crippen LogP contribution in [0.5, 0.6) is 0 Å². The third kappa shape index (κ3) is 45.5. The molecule has 0 saturated carbocycles. The highest BCUT2D eigenvalue weighted by Crippen LogP contribution is 2.23. The van der Waals surface area contributed by atoms with E-state index in [-0.39, 0.29) is 5.97 Å². The molecule has 0 aromatic heterocycles. The first kappa shape index (κ1) is 60.9. The van der Waals surface area contributed by atoms with Gasteiger partial charge in [-0.1, -0.05) is 227 Å². The summed E-state index contributed by atoms with van der Waals surface area (Å²) in [5.74, 6) is 2.27. The van der Waals surface area contributed by atoms with Gasteiger partial charge in [0.15, 0.2) is 0 Å². The summed E-state index contributed by atoms with van der Waals surface area (Å²) in [6.07, 6.45) is 51.8. The molecule has 0 aliphatic rings. The van der Waals surface area contributed by atoms with Gasteiger partial charge in [-0.25, -0.2) is 0 Å². The highest BCUT2D eigenvalue weighted by atomic mass is 16.5. The molecule has 0 bridgehead atoms. The second-order valence-electron chi connectivity index (χ2n) is 20.2. The quantitative estimate of drug-likeness (QED) is 0.0346. The summed E-state index contributed by atoms with van der Waals surface area (Å²) < 4.78 is 12.3. The molecular weight excluding hydrogens is 761 g/mol. The van der Waals surface area contributed by atoms with Gasteiger partial charge in [0, 0.05) is 25.9 Å². The van der Waals surface area contributed by atoms with Crippen LogP contribution in [-0.4, -0.2) is 69.3 Å². The average molecular weight is 876 g/mol. The van der Waals surface area contributed by atoms with Gasteiger partial charge in [0.05, 0.1) is 19.0 Å². The van der Waals surface area contributed by atoms with Crippen LogP contribution in [0.15, 0.2) is 12.3 Å². The Balaban J connectivity index is 4.51. The topological polar surface area (TPSA) is 42.0 Å². The van der Waals surface area contributed by atoms with E-state index in [1.807, 2.05) is 0 Å². The first-order chi connectivity index (χ1) is 30.4. The summed E-state index contributed by atoms with van der Waals surface area (Å²) in [5.41, 5.74) is 0. The Morgan fingerprint density at radius 2 is 0.710 bits per heavy atom. The van der Waals surface area contributed by atoms with Crippen molar-refractivity contribution in [3.05, 3.63) is 12.3 Å². The van der Waals surface area contributed by atoms with Crippen LogP contribution in [0.2, 0.25) is 0 Å². The van der Waals surface area contributed by atoms with Crippen LogP contribution >= 0.6 is 0 Å². The number of hydrogen-bond donors (Lipinski definition) is 0. The van der Waals surface area contributed by atoms with Crippen molar-refractivity contribution in [1.29, 1.82) is 0 Å². The van der Waals surface area contributed by atoms with Gasteiger partial charge >= 0.3 is 5.97 Å². The molecule has 0 saturated heterocycles. The molecule has 62 heavy (non-hydrogen) atoms. The van der Waals surface area contributed by atoms with Gasteiger partial charge in [-0.15, -0.1) is 0 Å². The first-order valence-electron chi connectivity index (χ1n) is 28.2. The molecule has 0 aliphatic carbocycles. The number of carbonyl (C=O) groups excluding carboxylic acids is 1. The summed E-state index contributed by atoms with van der Waals surface area (Å²) in [4.78, 5) is 17.8. The van der Waals surface area contributed by atoms with Crippen molar-refractivity contribution in [2.75, 3.05) is 53.5 Å². The van der Waals surface area contributed by atoms with Crippen molar-refractivity contribution < 1.29 is 14.3 Å². The Bertz CT molecular complexity index is 842. The fraction of sp³-hybridized carbons (Fsp3) is 0.947. The molecule has 0 aromatic rings. The maximum Gasteiger partial charge on any atom is 0.305 e. The summed E-state index contributed by atoms with van der Waals surface area (Å²) in [7, 11) is 4.36. The lowest BCUT2D eigenvalue weighted by Crippen LogP contribution is -2.33. The predicted molar refractivity (Wildman–Crippen MR) is 275 cm³/mol. The standard InChI is InChI=1S/C57H114N2O3/c1-8-12-16-20-24-26-30-37-44-55(43-35-28-22-18-14-10-3)52-61-54(5)42-34-32-40-48-59(51-50-58(6)7)49-41-33-39-47-57(60)62-53-56(45-36-29-23-19-15-11-4)46-38-31-27-25-21-17-13-9-2/h55-56H,5,8-53H2,1-4,6-7H3. The molecule has 0 fully saturated rings. The van der Waals surface area contributed by atoms with Crippen molar-refractivity contribution in [3.8, 4) is 0 Å². The van der Waals surface area contributed by atoms with E-state index in [0.717, 1.165) is 64.2 Å². The summed E-state index contributed by atoms with van der Waals surface area (Å²) in [6.45, 7) is 19.5. The van der Waals surface area contributed by atoms with E-state index in [0.29, 0.717) is 24.9 Å². The Kier molecular flexibility index (Phi) is 48.5. The first-order valence-corrected chi connectivity index (χ1v) is 28.2. The van der Waals surface area contributed by atoms with Gasteiger partial charge < -0.3 is 19.3 Å². The van der Waals surface area contributed by atoms with Crippen LogP contribution in [0.4, 0.5) is 0 Å². The normalized spacial score (nSPS) is 12.7. The maximum atomic E-state index is 12.8. The van der Waals surface area contributed by atoms with Crippen LogP contribution in [0.25, 0.3) is 0 Å². The summed E-state index contributed by atoms with van der Waals surface area (Å²) >= 11 is 0. The molecule has 5 nitrogen and oxygen atoms in total. The zero-order valence-corrected chi connectivity index (χ0v) is 43.5. The third-order valence-corrected chi connectivity index (χ3v) is 13.5. The molecule has 5 heteroatoms. The SMILES string of the molecule is C=C(CCCCCN(CCCCCC(=O)OCC(CCCCCCCC)CCCCCCCCCC)CCN(C)C)OCC(CCCCCCCC)CCCCCCCCCC. The maximum absolute atomic E-state index is 12.8. The van der Waals surface area contributed by atoms with Gasteiger partial charge in [0.1, 0.15) is 0 Å². The summed E-state index contributed by atoms with van der Waals surface area (Å²) in [6, 6.07) is 0. The van der Waals surface area contributed by atoms with Gasteiger partial charge in [-0.2, -0.15) is 0 Å². The van der Waals surface area contributed by atoms with E-state index in [1.54, 1.807) is 0 Å². The lowest BCUT2D eigenvalue weighted by atomic mass is 9.94. The Labute approximate surface area is 390 Å². The van der Waals surface area contributed by atoms with Crippen molar-refractivity contribution >= 4 is 5.97 Å². The minimum Gasteiger partial charge on any atom is -0.498 e. The third-order valence-electron chi connectivity index (χ3n) is 13.5. The number of nitrogens with zero attached hydrogens (tertiary/aromatic N) is 2. The van der Waals surface area contributed by atoms with Crippen LogP contribution in [0, 0.1) is 11.8 Å². The Morgan fingerprint density at radius 1 is 0.387 bits per heavy atom. The molecule has 0 N–H and O–H groups in total. The number of likely N-dealkylation sites (N-methyl/N-ethyl adjacent to an activating group) is 1. The van der Waals surface area contributed by atoms with E-state index >= 15 is 0 Å². The predicted octanol–water partition coefficient (Wildman–Crippen LogP) is 17.8. The van der Waals surface area contributed by atoms with Crippen molar-refractivity contribution in [1.82, 2.24) is 9.80 Å². The van der Waals surface area contributed by atoms with Crippen molar-refractivity contribution in [2.45, 2.75) is 285 Å². The highest BCUT2D eigenvalue weighted by molar-refractivity contribution is 5.69. The number of ether oxygens (including phenoxy) is 2. The van der Waals surface area contributed by atoms with Crippen LogP contribution in [-0.2, 0) is 14.3 Å². The minimum atomic E-state index is 0.0284. The molecule has 0 heterocycles. The lowest BCUT2D eigenvalue weighted by molar-refractivity contribution is -0.145. The largest absolute Gasteiger partial charge is 0.498 e. The van der Waals surface area contributed by atoms with Gasteiger partial charge in [-0.05, 0) is 90.4 Å². The average Bonchev–Trinajstić information content (AvgIpc) is 3.26. The van der Waals surface area contributed by atoms with Crippen molar-refractivity contribution in [3.63, 3.8) is 0 Å². The van der Waals surface area contributed by atoms with E-state index in [2.05, 4.69) is 58.2 Å². The zero-order valence-electron chi connectivity index (χ0n) is 43.5. The fourth-order valence-electron chi connectivity index (χ4n) is 9.07. The Morgan fingerprint density at radius 3 is 1.08 bits per heavy atom. The van der Waals surface area contributed by atoms with E-state index in [1.165, 1.54) is 225 Å². The van der Waals surface area contributed by atoms with Gasteiger partial charge in [0.2, 0.25) is 0 Å². The molecule has 0 spiro atoms. The highest BCUT2D eigenvalue weighted by Gasteiger charge is 2.14. The molecule has 0 radical (unpaired) electrons. The number of esters is 1. The minimum absolute atomic E-state index is 0.0284. The number of allylic oxidation sites excluding steroid dienone is 1. The van der Waals surface area contributed by atoms with E-state index in [9.17, 15) is 4.79 Å².